The van der Waals surface area contributed by atoms with Crippen LogP contribution in [0.5, 0.6) is 5.75 Å². The van der Waals surface area contributed by atoms with Gasteiger partial charge in [-0.05, 0) is 49.4 Å². The molecule has 0 spiro atoms. The van der Waals surface area contributed by atoms with E-state index >= 15 is 0 Å². The molecule has 0 amide bonds. The summed E-state index contributed by atoms with van der Waals surface area (Å²) in [5.41, 5.74) is 0.968. The van der Waals surface area contributed by atoms with Crippen LogP contribution >= 0.6 is 0 Å². The van der Waals surface area contributed by atoms with E-state index < -0.39 is 10.0 Å². The number of ether oxygens (including phenoxy) is 1. The van der Waals surface area contributed by atoms with Gasteiger partial charge in [-0.2, -0.15) is 4.31 Å². The van der Waals surface area contributed by atoms with Crippen LogP contribution in [0.25, 0.3) is 0 Å². The molecule has 2 aliphatic heterocycles. The number of piperidine rings is 1. The molecule has 116 valence electrons. The minimum Gasteiger partial charge on any atom is -0.493 e. The number of benzene rings is 1. The molecule has 0 saturated carbocycles. The van der Waals surface area contributed by atoms with E-state index in [1.165, 1.54) is 4.31 Å². The first-order valence-electron chi connectivity index (χ1n) is 7.42. The molecule has 2 heterocycles. The van der Waals surface area contributed by atoms with Crippen molar-refractivity contribution in [1.29, 1.82) is 0 Å². The zero-order valence-electron chi connectivity index (χ0n) is 12.2. The Morgan fingerprint density at radius 1 is 1.33 bits per heavy atom. The molecule has 0 radical (unpaired) electrons. The van der Waals surface area contributed by atoms with E-state index in [1.807, 2.05) is 0 Å². The zero-order chi connectivity index (χ0) is 15.0. The molecule has 21 heavy (non-hydrogen) atoms. The third kappa shape index (κ3) is 2.80. The number of nitrogens with zero attached hydrogens (tertiary/aromatic N) is 1. The van der Waals surface area contributed by atoms with Crippen molar-refractivity contribution in [3.63, 3.8) is 0 Å². The van der Waals surface area contributed by atoms with Gasteiger partial charge < -0.3 is 9.84 Å². The molecule has 1 saturated heterocycles. The minimum absolute atomic E-state index is 0.199. The molecule has 3 rings (SSSR count). The molecule has 1 aromatic carbocycles. The predicted molar refractivity (Wildman–Crippen MR) is 78.8 cm³/mol. The van der Waals surface area contributed by atoms with Crippen molar-refractivity contribution in [2.75, 3.05) is 19.7 Å². The van der Waals surface area contributed by atoms with E-state index in [0.717, 1.165) is 17.7 Å². The Hall–Kier alpha value is -1.11. The van der Waals surface area contributed by atoms with Crippen molar-refractivity contribution in [2.45, 2.75) is 37.2 Å². The molecule has 1 atom stereocenters. The van der Waals surface area contributed by atoms with E-state index in [1.54, 1.807) is 25.1 Å². The van der Waals surface area contributed by atoms with Crippen LogP contribution in [0.1, 0.15) is 25.3 Å². The average Bonchev–Trinajstić information content (AvgIpc) is 2.94. The maximum absolute atomic E-state index is 12.7. The largest absolute Gasteiger partial charge is 0.493 e. The lowest BCUT2D eigenvalue weighted by molar-refractivity contribution is 0.0912. The van der Waals surface area contributed by atoms with Crippen LogP contribution in [0.3, 0.4) is 0 Å². The first-order valence-corrected chi connectivity index (χ1v) is 8.86. The van der Waals surface area contributed by atoms with E-state index in [-0.39, 0.29) is 12.0 Å². The summed E-state index contributed by atoms with van der Waals surface area (Å²) in [6, 6.07) is 5.11. The van der Waals surface area contributed by atoms with Crippen molar-refractivity contribution in [2.24, 2.45) is 5.92 Å². The highest BCUT2D eigenvalue weighted by Gasteiger charge is 2.31. The first kappa shape index (κ1) is 14.8. The summed E-state index contributed by atoms with van der Waals surface area (Å²) < 4.78 is 32.3. The molecule has 0 bridgehead atoms. The van der Waals surface area contributed by atoms with Crippen molar-refractivity contribution in [3.8, 4) is 5.75 Å². The second-order valence-corrected chi connectivity index (χ2v) is 7.79. The molecule has 0 aromatic heterocycles. The SMILES string of the molecule is CC(O)C1CCN(S(=O)(=O)c2ccc3c(c2)CCO3)CC1. The van der Waals surface area contributed by atoms with Gasteiger partial charge in [-0.15, -0.1) is 0 Å². The fourth-order valence-corrected chi connectivity index (χ4v) is 4.59. The molecule has 6 heteroatoms. The van der Waals surface area contributed by atoms with E-state index in [9.17, 15) is 13.5 Å². The average molecular weight is 311 g/mol. The van der Waals surface area contributed by atoms with Crippen molar-refractivity contribution >= 4 is 10.0 Å². The molecule has 1 aromatic rings. The Morgan fingerprint density at radius 3 is 2.71 bits per heavy atom. The van der Waals surface area contributed by atoms with Gasteiger partial charge >= 0.3 is 0 Å². The number of hydrogen-bond donors (Lipinski definition) is 1. The lowest BCUT2D eigenvalue weighted by Crippen LogP contribution is -2.40. The van der Waals surface area contributed by atoms with Gasteiger partial charge in [0.25, 0.3) is 0 Å². The summed E-state index contributed by atoms with van der Waals surface area (Å²) in [5.74, 6) is 0.992. The van der Waals surface area contributed by atoms with E-state index in [0.29, 0.717) is 37.4 Å². The highest BCUT2D eigenvalue weighted by Crippen LogP contribution is 2.30. The van der Waals surface area contributed by atoms with Gasteiger partial charge in [0.15, 0.2) is 0 Å². The standard InChI is InChI=1S/C15H21NO4S/c1-11(17)12-4-7-16(8-5-12)21(18,19)14-2-3-15-13(10-14)6-9-20-15/h2-3,10-12,17H,4-9H2,1H3. The lowest BCUT2D eigenvalue weighted by Gasteiger charge is -2.32. The Morgan fingerprint density at radius 2 is 2.05 bits per heavy atom. The lowest BCUT2D eigenvalue weighted by atomic mass is 9.93. The Labute approximate surface area is 125 Å². The number of sulfonamides is 1. The topological polar surface area (TPSA) is 66.8 Å². The van der Waals surface area contributed by atoms with E-state index in [2.05, 4.69) is 0 Å². The quantitative estimate of drug-likeness (QED) is 0.916. The monoisotopic (exact) mass is 311 g/mol. The third-order valence-corrected chi connectivity index (χ3v) is 6.37. The summed E-state index contributed by atoms with van der Waals surface area (Å²) in [7, 11) is -3.44. The number of hydrogen-bond acceptors (Lipinski definition) is 4. The van der Waals surface area contributed by atoms with Crippen LogP contribution in [0.2, 0.25) is 0 Å². The smallest absolute Gasteiger partial charge is 0.243 e. The van der Waals surface area contributed by atoms with Gasteiger partial charge in [0.05, 0.1) is 17.6 Å². The molecule has 5 nitrogen and oxygen atoms in total. The highest BCUT2D eigenvalue weighted by atomic mass is 32.2. The molecular formula is C15H21NO4S. The van der Waals surface area contributed by atoms with Crippen LogP contribution in [-0.2, 0) is 16.4 Å². The molecule has 1 unspecified atom stereocenters. The summed E-state index contributed by atoms with van der Waals surface area (Å²) in [4.78, 5) is 0.349. The van der Waals surface area contributed by atoms with Gasteiger partial charge in [-0.25, -0.2) is 8.42 Å². The number of rotatable bonds is 3. The van der Waals surface area contributed by atoms with Crippen LogP contribution in [-0.4, -0.2) is 43.6 Å². The van der Waals surface area contributed by atoms with E-state index in [4.69, 9.17) is 4.74 Å². The van der Waals surface area contributed by atoms with Crippen molar-refractivity contribution in [3.05, 3.63) is 23.8 Å². The Balaban J connectivity index is 1.78. The fourth-order valence-electron chi connectivity index (χ4n) is 3.07. The first-order chi connectivity index (χ1) is 9.98. The normalized spacial score (nSPS) is 21.8. The Kier molecular flexibility index (Phi) is 3.94. The van der Waals surface area contributed by atoms with Gasteiger partial charge in [-0.3, -0.25) is 0 Å². The summed E-state index contributed by atoms with van der Waals surface area (Å²) in [5, 5.41) is 9.61. The summed E-state index contributed by atoms with van der Waals surface area (Å²) in [6.45, 7) is 3.35. The zero-order valence-corrected chi connectivity index (χ0v) is 13.0. The predicted octanol–water partition coefficient (Wildman–Crippen LogP) is 1.40. The molecule has 1 fully saturated rings. The third-order valence-electron chi connectivity index (χ3n) is 4.48. The van der Waals surface area contributed by atoms with Crippen LogP contribution in [0, 0.1) is 5.92 Å². The second kappa shape index (κ2) is 5.59. The van der Waals surface area contributed by atoms with Crippen molar-refractivity contribution in [1.82, 2.24) is 4.31 Å². The number of fused-ring (bicyclic) bond motifs is 1. The van der Waals surface area contributed by atoms with Gasteiger partial charge in [-0.1, -0.05) is 0 Å². The minimum atomic E-state index is -3.44. The Bertz CT molecular complexity index is 619. The van der Waals surface area contributed by atoms with Crippen LogP contribution in [0.15, 0.2) is 23.1 Å². The van der Waals surface area contributed by atoms with Gasteiger partial charge in [0.2, 0.25) is 10.0 Å². The fraction of sp³-hybridized carbons (Fsp3) is 0.600. The van der Waals surface area contributed by atoms with Crippen LogP contribution in [0.4, 0.5) is 0 Å². The molecule has 1 N–H and O–H groups in total. The number of aliphatic hydroxyl groups is 1. The second-order valence-electron chi connectivity index (χ2n) is 5.85. The molecule has 0 aliphatic carbocycles. The van der Waals surface area contributed by atoms with Gasteiger partial charge in [0, 0.05) is 19.5 Å². The molecule has 2 aliphatic rings. The number of aliphatic hydroxyl groups excluding tert-OH is 1. The highest BCUT2D eigenvalue weighted by molar-refractivity contribution is 7.89. The molecular weight excluding hydrogens is 290 g/mol. The maximum atomic E-state index is 12.7. The summed E-state index contributed by atoms with van der Waals surface area (Å²) >= 11 is 0. The van der Waals surface area contributed by atoms with Gasteiger partial charge in [0.1, 0.15) is 5.75 Å². The summed E-state index contributed by atoms with van der Waals surface area (Å²) in [6.07, 6.45) is 1.82. The van der Waals surface area contributed by atoms with Crippen molar-refractivity contribution < 1.29 is 18.3 Å². The maximum Gasteiger partial charge on any atom is 0.243 e. The van der Waals surface area contributed by atoms with Crippen LogP contribution < -0.4 is 4.74 Å².